The molecule has 1 N–H and O–H groups in total. The first-order valence-corrected chi connectivity index (χ1v) is 13.2. The molecule has 1 aliphatic heterocycles. The van der Waals surface area contributed by atoms with E-state index >= 15 is 0 Å². The quantitative estimate of drug-likeness (QED) is 0.293. The van der Waals surface area contributed by atoms with E-state index in [-0.39, 0.29) is 11.7 Å². The third-order valence-corrected chi connectivity index (χ3v) is 6.94. The van der Waals surface area contributed by atoms with E-state index in [4.69, 9.17) is 4.74 Å². The molecule has 0 saturated carbocycles. The van der Waals surface area contributed by atoms with Gasteiger partial charge in [-0.05, 0) is 55.8 Å². The number of nitrogens with zero attached hydrogens (tertiary/aromatic N) is 4. The van der Waals surface area contributed by atoms with Crippen molar-refractivity contribution in [3.63, 3.8) is 0 Å². The second-order valence-corrected chi connectivity index (χ2v) is 9.68. The van der Waals surface area contributed by atoms with Gasteiger partial charge in [-0.3, -0.25) is 9.69 Å². The summed E-state index contributed by atoms with van der Waals surface area (Å²) < 4.78 is 8.02. The standard InChI is InChI=1S/C28H29N5O2S/c34-27(29-23-12-9-15-25(18-23)35-24-13-5-2-6-14-24)21-36-28-31-30-26(20-32-16-7-8-17-32)33(28)19-22-10-3-1-4-11-22/h1-6,9-15,18H,7-8,16-17,19-21H2,(H,29,34). The maximum Gasteiger partial charge on any atom is 0.234 e. The topological polar surface area (TPSA) is 72.3 Å². The van der Waals surface area contributed by atoms with Crippen molar-refractivity contribution in [2.75, 3.05) is 24.2 Å². The molecular formula is C28H29N5O2S. The molecule has 4 aromatic rings. The molecule has 3 aromatic carbocycles. The molecule has 1 saturated heterocycles. The summed E-state index contributed by atoms with van der Waals surface area (Å²) in [6.07, 6.45) is 2.46. The van der Waals surface area contributed by atoms with Gasteiger partial charge in [-0.15, -0.1) is 10.2 Å². The van der Waals surface area contributed by atoms with Crippen molar-refractivity contribution < 1.29 is 9.53 Å². The number of carbonyl (C=O) groups is 1. The number of amides is 1. The Kier molecular flexibility index (Phi) is 7.95. The Hall–Kier alpha value is -3.62. The highest BCUT2D eigenvalue weighted by atomic mass is 32.2. The van der Waals surface area contributed by atoms with Gasteiger partial charge in [0.05, 0.1) is 18.8 Å². The Morgan fingerprint density at radius 1 is 0.861 bits per heavy atom. The number of aromatic nitrogens is 3. The fourth-order valence-corrected chi connectivity index (χ4v) is 4.95. The molecule has 7 nitrogen and oxygen atoms in total. The highest BCUT2D eigenvalue weighted by Gasteiger charge is 2.19. The van der Waals surface area contributed by atoms with Crippen molar-refractivity contribution in [3.05, 3.63) is 96.3 Å². The molecule has 0 radical (unpaired) electrons. The first-order chi connectivity index (χ1) is 17.7. The lowest BCUT2D eigenvalue weighted by molar-refractivity contribution is -0.113. The van der Waals surface area contributed by atoms with Gasteiger partial charge < -0.3 is 14.6 Å². The lowest BCUT2D eigenvalue weighted by Crippen LogP contribution is -2.22. The maximum absolute atomic E-state index is 12.8. The van der Waals surface area contributed by atoms with Crippen molar-refractivity contribution in [2.24, 2.45) is 0 Å². The Bertz CT molecular complexity index is 1270. The van der Waals surface area contributed by atoms with Gasteiger partial charge in [0, 0.05) is 11.8 Å². The van der Waals surface area contributed by atoms with Crippen LogP contribution in [0.3, 0.4) is 0 Å². The second kappa shape index (κ2) is 11.9. The number of thioether (sulfide) groups is 1. The summed E-state index contributed by atoms with van der Waals surface area (Å²) in [5, 5.41) is 12.7. The van der Waals surface area contributed by atoms with Crippen LogP contribution in [0.25, 0.3) is 0 Å². The van der Waals surface area contributed by atoms with Crippen LogP contribution in [0, 0.1) is 0 Å². The monoisotopic (exact) mass is 499 g/mol. The normalized spacial score (nSPS) is 13.6. The number of benzene rings is 3. The molecule has 1 fully saturated rings. The highest BCUT2D eigenvalue weighted by Crippen LogP contribution is 2.25. The predicted octanol–water partition coefficient (Wildman–Crippen LogP) is 5.45. The number of carbonyl (C=O) groups excluding carboxylic acids is 1. The van der Waals surface area contributed by atoms with Crippen LogP contribution in [0.4, 0.5) is 5.69 Å². The van der Waals surface area contributed by atoms with Gasteiger partial charge >= 0.3 is 0 Å². The second-order valence-electron chi connectivity index (χ2n) is 8.73. The molecular weight excluding hydrogens is 470 g/mol. The van der Waals surface area contributed by atoms with E-state index in [1.54, 1.807) is 0 Å². The summed E-state index contributed by atoms with van der Waals surface area (Å²) in [7, 11) is 0. The van der Waals surface area contributed by atoms with Crippen LogP contribution in [-0.2, 0) is 17.9 Å². The van der Waals surface area contributed by atoms with E-state index in [2.05, 4.69) is 37.1 Å². The Morgan fingerprint density at radius 2 is 1.58 bits per heavy atom. The van der Waals surface area contributed by atoms with Crippen LogP contribution in [0.5, 0.6) is 11.5 Å². The van der Waals surface area contributed by atoms with Gasteiger partial charge in [-0.2, -0.15) is 0 Å². The van der Waals surface area contributed by atoms with Crippen LogP contribution in [0.15, 0.2) is 90.1 Å². The van der Waals surface area contributed by atoms with Crippen molar-refractivity contribution in [3.8, 4) is 11.5 Å². The van der Waals surface area contributed by atoms with Crippen LogP contribution >= 0.6 is 11.8 Å². The smallest absolute Gasteiger partial charge is 0.234 e. The first-order valence-electron chi connectivity index (χ1n) is 12.2. The number of hydrogen-bond donors (Lipinski definition) is 1. The Morgan fingerprint density at radius 3 is 2.36 bits per heavy atom. The summed E-state index contributed by atoms with van der Waals surface area (Å²) in [6, 6.07) is 27.3. The number of hydrogen-bond acceptors (Lipinski definition) is 6. The molecule has 1 amide bonds. The lowest BCUT2D eigenvalue weighted by Gasteiger charge is -2.16. The highest BCUT2D eigenvalue weighted by molar-refractivity contribution is 7.99. The minimum atomic E-state index is -0.104. The first kappa shape index (κ1) is 24.1. The molecule has 5 rings (SSSR count). The Balaban J connectivity index is 1.23. The summed E-state index contributed by atoms with van der Waals surface area (Å²) in [5.74, 6) is 2.49. The Labute approximate surface area is 215 Å². The van der Waals surface area contributed by atoms with E-state index in [0.717, 1.165) is 36.4 Å². The van der Waals surface area contributed by atoms with E-state index in [1.165, 1.54) is 30.2 Å². The van der Waals surface area contributed by atoms with Crippen molar-refractivity contribution in [1.82, 2.24) is 19.7 Å². The van der Waals surface area contributed by atoms with Gasteiger partial charge in [0.1, 0.15) is 17.3 Å². The van der Waals surface area contributed by atoms with E-state index in [9.17, 15) is 4.79 Å². The third kappa shape index (κ3) is 6.53. The molecule has 0 aliphatic carbocycles. The SMILES string of the molecule is O=C(CSc1nnc(CN2CCCC2)n1Cc1ccccc1)Nc1cccc(Oc2ccccc2)c1. The summed E-state index contributed by atoms with van der Waals surface area (Å²) in [6.45, 7) is 3.65. The number of nitrogens with one attached hydrogen (secondary N) is 1. The van der Waals surface area contributed by atoms with Crippen molar-refractivity contribution >= 4 is 23.4 Å². The van der Waals surface area contributed by atoms with Crippen LogP contribution in [0.1, 0.15) is 24.2 Å². The fourth-order valence-electron chi connectivity index (χ4n) is 4.20. The minimum Gasteiger partial charge on any atom is -0.457 e. The predicted molar refractivity (Wildman–Crippen MR) is 142 cm³/mol. The number of para-hydroxylation sites is 1. The third-order valence-electron chi connectivity index (χ3n) is 5.97. The summed E-state index contributed by atoms with van der Waals surface area (Å²) >= 11 is 1.41. The van der Waals surface area contributed by atoms with Gasteiger partial charge in [-0.1, -0.05) is 66.4 Å². The lowest BCUT2D eigenvalue weighted by atomic mass is 10.2. The van der Waals surface area contributed by atoms with E-state index in [1.807, 2.05) is 72.8 Å². The molecule has 8 heteroatoms. The summed E-state index contributed by atoms with van der Waals surface area (Å²) in [5.41, 5.74) is 1.87. The van der Waals surface area contributed by atoms with Gasteiger partial charge in [0.25, 0.3) is 0 Å². The molecule has 0 unspecified atom stereocenters. The molecule has 1 aromatic heterocycles. The van der Waals surface area contributed by atoms with Crippen molar-refractivity contribution in [1.29, 1.82) is 0 Å². The molecule has 1 aliphatic rings. The van der Waals surface area contributed by atoms with Gasteiger partial charge in [0.2, 0.25) is 5.91 Å². The molecule has 36 heavy (non-hydrogen) atoms. The molecule has 2 heterocycles. The number of anilines is 1. The minimum absolute atomic E-state index is 0.104. The number of rotatable bonds is 10. The largest absolute Gasteiger partial charge is 0.457 e. The zero-order valence-electron chi connectivity index (χ0n) is 20.0. The fraction of sp³-hybridized carbons (Fsp3) is 0.250. The summed E-state index contributed by atoms with van der Waals surface area (Å²) in [4.78, 5) is 15.2. The average Bonchev–Trinajstić information content (AvgIpc) is 3.55. The number of likely N-dealkylation sites (tertiary alicyclic amines) is 1. The van der Waals surface area contributed by atoms with E-state index < -0.39 is 0 Å². The van der Waals surface area contributed by atoms with Crippen LogP contribution < -0.4 is 10.1 Å². The molecule has 0 spiro atoms. The van der Waals surface area contributed by atoms with Gasteiger partial charge in [0.15, 0.2) is 5.16 Å². The number of ether oxygens (including phenoxy) is 1. The zero-order chi connectivity index (χ0) is 24.6. The molecule has 0 bridgehead atoms. The molecule has 184 valence electrons. The van der Waals surface area contributed by atoms with Crippen molar-refractivity contribution in [2.45, 2.75) is 31.1 Å². The van der Waals surface area contributed by atoms with E-state index in [0.29, 0.717) is 18.0 Å². The van der Waals surface area contributed by atoms with Crippen LogP contribution in [-0.4, -0.2) is 44.4 Å². The zero-order valence-corrected chi connectivity index (χ0v) is 20.9. The maximum atomic E-state index is 12.8. The van der Waals surface area contributed by atoms with Gasteiger partial charge in [-0.25, -0.2) is 0 Å². The van der Waals surface area contributed by atoms with Crippen LogP contribution in [0.2, 0.25) is 0 Å². The molecule has 0 atom stereocenters. The average molecular weight is 500 g/mol.